The fraction of sp³-hybridized carbons (Fsp3) is 0.500. The molecule has 5 rings (SSSR count). The van der Waals surface area contributed by atoms with Crippen molar-refractivity contribution in [1.29, 1.82) is 0 Å². The lowest BCUT2D eigenvalue weighted by Gasteiger charge is -2.38. The van der Waals surface area contributed by atoms with E-state index in [0.29, 0.717) is 36.8 Å². The Morgan fingerprint density at radius 2 is 1.95 bits per heavy atom. The van der Waals surface area contributed by atoms with Crippen molar-refractivity contribution in [1.82, 2.24) is 10.2 Å². The number of benzene rings is 2. The monoisotopic (exact) mass is 502 g/mol. The smallest absolute Gasteiger partial charge is 0.251 e. The Labute approximate surface area is 219 Å². The normalized spacial score (nSPS) is 28.1. The van der Waals surface area contributed by atoms with E-state index in [1.807, 2.05) is 64.1 Å². The first-order valence-corrected chi connectivity index (χ1v) is 13.4. The van der Waals surface area contributed by atoms with E-state index in [1.165, 1.54) is 5.56 Å². The Bertz CT molecular complexity index is 1270. The fourth-order valence-corrected chi connectivity index (χ4v) is 6.04. The average Bonchev–Trinajstić information content (AvgIpc) is 3.14. The summed E-state index contributed by atoms with van der Waals surface area (Å²) in [6.07, 6.45) is 2.73. The Kier molecular flexibility index (Phi) is 6.29. The first-order valence-electron chi connectivity index (χ1n) is 13.4. The van der Waals surface area contributed by atoms with Crippen LogP contribution in [0.5, 0.6) is 5.75 Å². The molecule has 37 heavy (non-hydrogen) atoms. The second kappa shape index (κ2) is 9.19. The second-order valence-corrected chi connectivity index (χ2v) is 11.8. The van der Waals surface area contributed by atoms with E-state index >= 15 is 0 Å². The van der Waals surface area contributed by atoms with Crippen molar-refractivity contribution < 1.29 is 14.3 Å². The number of carbonyl (C=O) groups is 2. The number of ether oxygens (including phenoxy) is 1. The first kappa shape index (κ1) is 25.3. The summed E-state index contributed by atoms with van der Waals surface area (Å²) in [6.45, 7) is 10.8. The number of nitrogens with one attached hydrogen (secondary N) is 1. The Morgan fingerprint density at radius 3 is 2.68 bits per heavy atom. The summed E-state index contributed by atoms with van der Waals surface area (Å²) >= 11 is 0. The van der Waals surface area contributed by atoms with Crippen molar-refractivity contribution in [2.45, 2.75) is 83.4 Å². The molecule has 7 heteroatoms. The zero-order valence-corrected chi connectivity index (χ0v) is 22.5. The molecule has 1 aliphatic carbocycles. The van der Waals surface area contributed by atoms with Crippen LogP contribution in [-0.2, 0) is 11.2 Å². The van der Waals surface area contributed by atoms with Gasteiger partial charge >= 0.3 is 0 Å². The maximum absolute atomic E-state index is 13.5. The van der Waals surface area contributed by atoms with Gasteiger partial charge in [-0.1, -0.05) is 38.1 Å². The van der Waals surface area contributed by atoms with Crippen LogP contribution in [0.3, 0.4) is 0 Å². The van der Waals surface area contributed by atoms with Gasteiger partial charge < -0.3 is 15.8 Å². The van der Waals surface area contributed by atoms with E-state index in [1.54, 1.807) is 4.90 Å². The molecule has 4 atom stereocenters. The number of nitrogens with zero attached hydrogens (tertiary/aromatic N) is 2. The van der Waals surface area contributed by atoms with E-state index in [0.717, 1.165) is 29.7 Å². The number of hydrogen-bond acceptors (Lipinski definition) is 5. The molecule has 2 amide bonds. The van der Waals surface area contributed by atoms with Crippen molar-refractivity contribution in [3.05, 3.63) is 64.7 Å². The zero-order valence-electron chi connectivity index (χ0n) is 22.5. The fourth-order valence-electron chi connectivity index (χ4n) is 6.04. The molecule has 0 spiro atoms. The summed E-state index contributed by atoms with van der Waals surface area (Å²) in [7, 11) is 0. The molecule has 0 unspecified atom stereocenters. The SMILES string of the molecule is CC[C@]1(C)CC(=O)N(C[C@@H]2c3cc(C(=O)N[C@H]4CC(C)(C)Oc5ccccc54)ccc3C[C@H]2C)C(N)=N1. The quantitative estimate of drug-likeness (QED) is 0.619. The van der Waals surface area contributed by atoms with Gasteiger partial charge in [-0.05, 0) is 68.9 Å². The summed E-state index contributed by atoms with van der Waals surface area (Å²) in [6, 6.07) is 13.7. The van der Waals surface area contributed by atoms with Gasteiger partial charge in [-0.2, -0.15) is 0 Å². The number of carbonyl (C=O) groups excluding carboxylic acids is 2. The topological polar surface area (TPSA) is 97.0 Å². The second-order valence-electron chi connectivity index (χ2n) is 11.8. The molecule has 3 aliphatic rings. The van der Waals surface area contributed by atoms with Gasteiger partial charge in [0.05, 0.1) is 18.0 Å². The number of guanidine groups is 1. The molecule has 0 saturated heterocycles. The van der Waals surface area contributed by atoms with Gasteiger partial charge in [-0.25, -0.2) is 4.99 Å². The third kappa shape index (κ3) is 4.83. The van der Waals surface area contributed by atoms with Crippen LogP contribution in [0, 0.1) is 5.92 Å². The molecule has 2 heterocycles. The molecule has 0 saturated carbocycles. The predicted molar refractivity (Wildman–Crippen MR) is 145 cm³/mol. The third-order valence-electron chi connectivity index (χ3n) is 8.35. The number of fused-ring (bicyclic) bond motifs is 2. The Hall–Kier alpha value is -3.35. The molecular formula is C30H38N4O3. The number of para-hydroxylation sites is 1. The average molecular weight is 503 g/mol. The summed E-state index contributed by atoms with van der Waals surface area (Å²) in [5.74, 6) is 1.46. The number of hydrogen-bond donors (Lipinski definition) is 2. The van der Waals surface area contributed by atoms with E-state index < -0.39 is 5.54 Å². The lowest BCUT2D eigenvalue weighted by Crippen LogP contribution is -2.52. The molecule has 2 aliphatic heterocycles. The van der Waals surface area contributed by atoms with Gasteiger partial charge in [-0.3, -0.25) is 14.5 Å². The maximum atomic E-state index is 13.5. The summed E-state index contributed by atoms with van der Waals surface area (Å²) < 4.78 is 6.13. The number of amides is 2. The highest BCUT2D eigenvalue weighted by Crippen LogP contribution is 2.41. The highest BCUT2D eigenvalue weighted by atomic mass is 16.5. The van der Waals surface area contributed by atoms with Gasteiger partial charge in [-0.15, -0.1) is 0 Å². The van der Waals surface area contributed by atoms with Gasteiger partial charge in [0, 0.05) is 30.0 Å². The van der Waals surface area contributed by atoms with E-state index in [9.17, 15) is 9.59 Å². The van der Waals surface area contributed by atoms with Crippen molar-refractivity contribution in [2.75, 3.05) is 6.54 Å². The van der Waals surface area contributed by atoms with Crippen LogP contribution in [0.2, 0.25) is 0 Å². The molecule has 2 aromatic rings. The molecule has 0 aromatic heterocycles. The van der Waals surface area contributed by atoms with E-state index in [4.69, 9.17) is 10.5 Å². The Morgan fingerprint density at radius 1 is 1.19 bits per heavy atom. The minimum Gasteiger partial charge on any atom is -0.487 e. The van der Waals surface area contributed by atoms with Crippen LogP contribution in [0.1, 0.15) is 92.9 Å². The third-order valence-corrected chi connectivity index (χ3v) is 8.35. The van der Waals surface area contributed by atoms with Gasteiger partial charge in [0.15, 0.2) is 5.96 Å². The van der Waals surface area contributed by atoms with Crippen LogP contribution in [0.25, 0.3) is 0 Å². The molecule has 3 N–H and O–H groups in total. The standard InChI is InChI=1S/C30H38N4O3/c1-6-30(5)16-26(35)34(28(31)33-30)17-23-18(2)13-19-11-12-20(14-22(19)23)27(36)32-24-15-29(3,4)37-25-10-8-7-9-21(24)25/h7-12,14,18,23-24H,6,13,15-17H2,1-5H3,(H2,31,33)(H,32,36)/t18-,23+,24+,30-/m1/s1. The molecule has 0 radical (unpaired) electrons. The summed E-state index contributed by atoms with van der Waals surface area (Å²) in [5.41, 5.74) is 9.46. The molecular weight excluding hydrogens is 464 g/mol. The predicted octanol–water partition coefficient (Wildman–Crippen LogP) is 4.71. The summed E-state index contributed by atoms with van der Waals surface area (Å²) in [5, 5.41) is 3.25. The highest BCUT2D eigenvalue weighted by Gasteiger charge is 2.39. The van der Waals surface area contributed by atoms with Crippen LogP contribution >= 0.6 is 0 Å². The van der Waals surface area contributed by atoms with Crippen LogP contribution in [0.4, 0.5) is 0 Å². The zero-order chi connectivity index (χ0) is 26.5. The summed E-state index contributed by atoms with van der Waals surface area (Å²) in [4.78, 5) is 32.8. The molecule has 7 nitrogen and oxygen atoms in total. The molecule has 196 valence electrons. The molecule has 2 aromatic carbocycles. The van der Waals surface area contributed by atoms with Crippen molar-refractivity contribution in [3.63, 3.8) is 0 Å². The van der Waals surface area contributed by atoms with E-state index in [-0.39, 0.29) is 29.4 Å². The van der Waals surface area contributed by atoms with Crippen molar-refractivity contribution in [3.8, 4) is 5.75 Å². The van der Waals surface area contributed by atoms with Crippen LogP contribution in [0.15, 0.2) is 47.5 Å². The van der Waals surface area contributed by atoms with Gasteiger partial charge in [0.2, 0.25) is 5.91 Å². The minimum absolute atomic E-state index is 0.0206. The molecule has 0 bridgehead atoms. The van der Waals surface area contributed by atoms with Crippen molar-refractivity contribution >= 4 is 17.8 Å². The number of nitrogens with two attached hydrogens (primary N) is 1. The minimum atomic E-state index is -0.431. The maximum Gasteiger partial charge on any atom is 0.251 e. The molecule has 0 fully saturated rings. The highest BCUT2D eigenvalue weighted by molar-refractivity contribution is 5.99. The largest absolute Gasteiger partial charge is 0.487 e. The first-order chi connectivity index (χ1) is 17.5. The van der Waals surface area contributed by atoms with Crippen LogP contribution in [-0.4, -0.2) is 40.4 Å². The van der Waals surface area contributed by atoms with E-state index in [2.05, 4.69) is 23.3 Å². The lowest BCUT2D eigenvalue weighted by molar-refractivity contribution is -0.129. The van der Waals surface area contributed by atoms with Gasteiger partial charge in [0.1, 0.15) is 11.4 Å². The Balaban J connectivity index is 1.38. The lowest BCUT2D eigenvalue weighted by atomic mass is 9.89. The number of rotatable bonds is 5. The van der Waals surface area contributed by atoms with Gasteiger partial charge in [0.25, 0.3) is 5.91 Å². The number of aliphatic imine (C=N–C) groups is 1. The van der Waals surface area contributed by atoms with Crippen LogP contribution < -0.4 is 15.8 Å². The van der Waals surface area contributed by atoms with Crippen molar-refractivity contribution in [2.24, 2.45) is 16.6 Å².